The molecule has 50 heavy (non-hydrogen) atoms. The number of benzene rings is 1. The summed E-state index contributed by atoms with van der Waals surface area (Å²) in [7, 11) is -6.73. The van der Waals surface area contributed by atoms with E-state index in [0.717, 1.165) is 11.3 Å². The van der Waals surface area contributed by atoms with E-state index in [9.17, 15) is 0 Å². The number of imidazole rings is 1. The predicted molar refractivity (Wildman–Crippen MR) is 207 cm³/mol. The molecule has 0 amide bonds. The quantitative estimate of drug-likeness (QED) is 0.148. The fraction of sp³-hybridized carbons (Fsp3) is 0.639. The first-order valence-electron chi connectivity index (χ1n) is 17.7. The summed E-state index contributed by atoms with van der Waals surface area (Å²) in [6.45, 7) is 34.5. The van der Waals surface area contributed by atoms with Crippen molar-refractivity contribution in [2.75, 3.05) is 6.61 Å². The summed E-state index contributed by atoms with van der Waals surface area (Å²) in [5.41, 5.74) is 2.93. The molecule has 1 aliphatic heterocycles. The van der Waals surface area contributed by atoms with Crippen molar-refractivity contribution in [1.82, 2.24) is 34.5 Å². The van der Waals surface area contributed by atoms with Gasteiger partial charge in [0, 0.05) is 5.56 Å². The van der Waals surface area contributed by atoms with Gasteiger partial charge in [0.1, 0.15) is 30.3 Å². The lowest BCUT2D eigenvalue weighted by Gasteiger charge is -2.44. The van der Waals surface area contributed by atoms with Gasteiger partial charge in [-0.15, -0.1) is 5.10 Å². The zero-order valence-electron chi connectivity index (χ0n) is 32.9. The maximum atomic E-state index is 7.36. The second-order valence-electron chi connectivity index (χ2n) is 18.3. The lowest BCUT2D eigenvalue weighted by molar-refractivity contribution is -0.0470. The Morgan fingerprint density at radius 3 is 1.90 bits per heavy atom. The summed E-state index contributed by atoms with van der Waals surface area (Å²) in [6, 6.07) is 9.96. The molecule has 1 fully saturated rings. The smallest absolute Gasteiger partial charge is 0.192 e. The first-order chi connectivity index (χ1) is 22.9. The highest BCUT2D eigenvalue weighted by atomic mass is 28.4. The summed E-state index contributed by atoms with van der Waals surface area (Å²) >= 11 is 0. The van der Waals surface area contributed by atoms with Crippen LogP contribution in [0.1, 0.15) is 68.5 Å². The van der Waals surface area contributed by atoms with Crippen molar-refractivity contribution >= 4 is 36.1 Å². The second-order valence-corrected chi connectivity index (χ2v) is 32.6. The molecule has 1 aliphatic rings. The molecule has 1 saturated heterocycles. The number of aromatic nitrogens is 7. The minimum absolute atomic E-state index is 0.0162. The number of fused-ring (bicyclic) bond motifs is 1. The van der Waals surface area contributed by atoms with Crippen molar-refractivity contribution in [3.05, 3.63) is 49.2 Å². The van der Waals surface area contributed by atoms with E-state index in [-0.39, 0.29) is 27.3 Å². The van der Waals surface area contributed by atoms with Gasteiger partial charge in [0.05, 0.1) is 19.1 Å². The van der Waals surface area contributed by atoms with Crippen LogP contribution < -0.4 is 0 Å². The molecular formula is C36H59N7O4Si3. The largest absolute Gasteiger partial charge is 0.414 e. The molecule has 1 aromatic carbocycles. The number of ether oxygens (including phenoxy) is 1. The molecule has 0 spiro atoms. The van der Waals surface area contributed by atoms with Crippen LogP contribution in [0.2, 0.25) is 54.4 Å². The Labute approximate surface area is 301 Å². The van der Waals surface area contributed by atoms with Crippen LogP contribution in [0.15, 0.2) is 49.2 Å². The molecular weight excluding hydrogens is 679 g/mol. The normalized spacial score (nSPS) is 21.3. The third kappa shape index (κ3) is 7.62. The zero-order valence-corrected chi connectivity index (χ0v) is 35.9. The Hall–Kier alpha value is -2.60. The van der Waals surface area contributed by atoms with E-state index < -0.39 is 37.3 Å². The Balaban J connectivity index is 1.60. The second kappa shape index (κ2) is 13.4. The topological polar surface area (TPSA) is 111 Å². The van der Waals surface area contributed by atoms with Crippen LogP contribution in [-0.2, 0) is 18.0 Å². The summed E-state index contributed by atoms with van der Waals surface area (Å²) in [5.74, 6) is 0.537. The highest BCUT2D eigenvalue weighted by molar-refractivity contribution is 6.75. The average Bonchev–Trinajstić information content (AvgIpc) is 3.73. The van der Waals surface area contributed by atoms with Crippen LogP contribution in [-0.4, -0.2) is 84.4 Å². The Morgan fingerprint density at radius 1 is 0.740 bits per heavy atom. The molecule has 0 aliphatic carbocycles. The zero-order chi connectivity index (χ0) is 37.1. The minimum Gasteiger partial charge on any atom is -0.414 e. The lowest BCUT2D eigenvalue weighted by Crippen LogP contribution is -2.54. The lowest BCUT2D eigenvalue weighted by atomic mass is 10.1. The first kappa shape index (κ1) is 38.6. The molecule has 14 heteroatoms. The molecule has 274 valence electrons. The molecule has 0 bridgehead atoms. The van der Waals surface area contributed by atoms with Crippen LogP contribution in [0, 0.1) is 0 Å². The van der Waals surface area contributed by atoms with Gasteiger partial charge >= 0.3 is 0 Å². The van der Waals surface area contributed by atoms with Crippen LogP contribution >= 0.6 is 0 Å². The van der Waals surface area contributed by atoms with Gasteiger partial charge in [-0.05, 0) is 54.4 Å². The molecule has 3 aromatic heterocycles. The van der Waals surface area contributed by atoms with Crippen molar-refractivity contribution < 1.29 is 18.0 Å². The van der Waals surface area contributed by atoms with Crippen LogP contribution in [0.3, 0.4) is 0 Å². The van der Waals surface area contributed by atoms with Crippen molar-refractivity contribution in [3.63, 3.8) is 0 Å². The first-order valence-corrected chi connectivity index (χ1v) is 26.5. The molecule has 4 heterocycles. The average molecular weight is 738 g/mol. The molecule has 11 nitrogen and oxygen atoms in total. The van der Waals surface area contributed by atoms with E-state index in [1.807, 2.05) is 41.1 Å². The maximum absolute atomic E-state index is 7.36. The van der Waals surface area contributed by atoms with E-state index in [0.29, 0.717) is 23.6 Å². The van der Waals surface area contributed by atoms with Gasteiger partial charge < -0.3 is 18.0 Å². The van der Waals surface area contributed by atoms with Gasteiger partial charge in [-0.3, -0.25) is 4.57 Å². The SMILES string of the molecule is CC(C)(C)[Si](C)(C)OC[C@H]1O[C@@H](n2cnc3c(-n4cc(-c5ccccc5)nn4)ncnc32)[C@H](O[Si](C)(C)C(C)(C)C)[C@@H]1O[Si](C)(C)C(C)(C)C. The Bertz CT molecular complexity index is 1770. The highest BCUT2D eigenvalue weighted by Crippen LogP contribution is 2.47. The van der Waals surface area contributed by atoms with Gasteiger partial charge in [0.2, 0.25) is 0 Å². The Kier molecular flexibility index (Phi) is 10.4. The van der Waals surface area contributed by atoms with E-state index in [2.05, 4.69) is 117 Å². The number of hydrogen-bond acceptors (Lipinski definition) is 9. The van der Waals surface area contributed by atoms with Crippen LogP contribution in [0.4, 0.5) is 0 Å². The van der Waals surface area contributed by atoms with Crippen molar-refractivity contribution in [2.45, 2.75) is 141 Å². The van der Waals surface area contributed by atoms with E-state index in [1.165, 1.54) is 0 Å². The molecule has 4 aromatic rings. The van der Waals surface area contributed by atoms with Gasteiger partial charge in [0.25, 0.3) is 0 Å². The fourth-order valence-electron chi connectivity index (χ4n) is 5.18. The maximum Gasteiger partial charge on any atom is 0.192 e. The van der Waals surface area contributed by atoms with Gasteiger partial charge in [-0.25, -0.2) is 15.0 Å². The third-order valence-corrected chi connectivity index (χ3v) is 25.0. The summed E-state index contributed by atoms with van der Waals surface area (Å²) < 4.78 is 32.3. The van der Waals surface area contributed by atoms with Gasteiger partial charge in [-0.2, -0.15) is 4.68 Å². The third-order valence-electron chi connectivity index (χ3n) is 11.6. The molecule has 0 radical (unpaired) electrons. The van der Waals surface area contributed by atoms with Crippen molar-refractivity contribution in [2.24, 2.45) is 0 Å². The van der Waals surface area contributed by atoms with E-state index in [1.54, 1.807) is 17.3 Å². The molecule has 0 N–H and O–H groups in total. The van der Waals surface area contributed by atoms with E-state index >= 15 is 0 Å². The highest BCUT2D eigenvalue weighted by Gasteiger charge is 2.55. The molecule has 0 unspecified atom stereocenters. The standard InChI is InChI=1S/C36H59N7O4Si3/c1-34(2,3)48(10,11)44-22-27-29(46-49(12,13)35(4,5)6)30(47-50(14,15)36(7,8)9)33(45-27)42-24-39-28-31(42)37-23-38-32(28)43-21-26(40-41-43)25-19-17-16-18-20-25/h16-21,23-24,27,29-30,33H,22H2,1-15H3/t27-,29-,30-,33-/m1/s1. The number of rotatable bonds is 10. The fourth-order valence-corrected chi connectivity index (χ4v) is 8.80. The molecule has 4 atom stereocenters. The monoisotopic (exact) mass is 737 g/mol. The predicted octanol–water partition coefficient (Wildman–Crippen LogP) is 8.77. The van der Waals surface area contributed by atoms with Gasteiger partial charge in [0.15, 0.2) is 48.2 Å². The summed E-state index contributed by atoms with van der Waals surface area (Å²) in [6.07, 6.45) is 3.48. The summed E-state index contributed by atoms with van der Waals surface area (Å²) in [4.78, 5) is 14.2. The van der Waals surface area contributed by atoms with Gasteiger partial charge in [-0.1, -0.05) is 97.9 Å². The molecule has 5 rings (SSSR count). The van der Waals surface area contributed by atoms with Crippen molar-refractivity contribution in [3.8, 4) is 17.1 Å². The number of nitrogens with zero attached hydrogens (tertiary/aromatic N) is 7. The Morgan fingerprint density at radius 2 is 1.32 bits per heavy atom. The van der Waals surface area contributed by atoms with Crippen LogP contribution in [0.5, 0.6) is 0 Å². The molecule has 0 saturated carbocycles. The minimum atomic E-state index is -2.33. The van der Waals surface area contributed by atoms with Crippen LogP contribution in [0.25, 0.3) is 28.2 Å². The number of hydrogen-bond donors (Lipinski definition) is 0. The summed E-state index contributed by atoms with van der Waals surface area (Å²) in [5, 5.41) is 8.82. The van der Waals surface area contributed by atoms with E-state index in [4.69, 9.17) is 28.0 Å². The van der Waals surface area contributed by atoms with Crippen molar-refractivity contribution in [1.29, 1.82) is 0 Å².